The second-order valence-electron chi connectivity index (χ2n) is 4.97. The van der Waals surface area contributed by atoms with Gasteiger partial charge in [-0.25, -0.2) is 0 Å². The summed E-state index contributed by atoms with van der Waals surface area (Å²) in [5.41, 5.74) is 7.28. The van der Waals surface area contributed by atoms with E-state index in [2.05, 4.69) is 11.0 Å². The molecule has 1 aromatic carbocycles. The highest BCUT2D eigenvalue weighted by atomic mass is 35.5. The van der Waals surface area contributed by atoms with Gasteiger partial charge in [-0.1, -0.05) is 29.8 Å². The van der Waals surface area contributed by atoms with E-state index in [0.717, 1.165) is 30.1 Å². The van der Waals surface area contributed by atoms with Crippen molar-refractivity contribution in [2.75, 3.05) is 20.2 Å². The van der Waals surface area contributed by atoms with Crippen molar-refractivity contribution in [3.8, 4) is 0 Å². The molecule has 3 nitrogen and oxygen atoms in total. The normalized spacial score (nSPS) is 24.1. The molecule has 2 N–H and O–H groups in total. The smallest absolute Gasteiger partial charge is 0.0710 e. The molecule has 0 radical (unpaired) electrons. The maximum absolute atomic E-state index is 6.30. The van der Waals surface area contributed by atoms with E-state index in [-0.39, 0.29) is 12.1 Å². The zero-order valence-corrected chi connectivity index (χ0v) is 11.7. The predicted molar refractivity (Wildman–Crippen MR) is 74.8 cm³/mol. The van der Waals surface area contributed by atoms with Gasteiger partial charge in [-0.3, -0.25) is 4.90 Å². The van der Waals surface area contributed by atoms with Crippen LogP contribution in [0.2, 0.25) is 5.02 Å². The van der Waals surface area contributed by atoms with Gasteiger partial charge >= 0.3 is 0 Å². The van der Waals surface area contributed by atoms with Gasteiger partial charge in [-0.2, -0.15) is 0 Å². The first-order valence-corrected chi connectivity index (χ1v) is 6.78. The van der Waals surface area contributed by atoms with Crippen LogP contribution in [-0.4, -0.2) is 37.2 Å². The van der Waals surface area contributed by atoms with Crippen molar-refractivity contribution in [1.29, 1.82) is 0 Å². The van der Waals surface area contributed by atoms with Crippen LogP contribution in [0, 0.1) is 0 Å². The van der Waals surface area contributed by atoms with Crippen molar-refractivity contribution < 1.29 is 4.74 Å². The minimum Gasteiger partial charge on any atom is -0.380 e. The Kier molecular flexibility index (Phi) is 4.62. The number of hydrogen-bond acceptors (Lipinski definition) is 3. The number of ether oxygens (including phenoxy) is 1. The van der Waals surface area contributed by atoms with E-state index in [1.807, 2.05) is 25.1 Å². The van der Waals surface area contributed by atoms with E-state index in [1.54, 1.807) is 7.11 Å². The molecular formula is C14H21ClN2O. The molecule has 4 heteroatoms. The van der Waals surface area contributed by atoms with E-state index < -0.39 is 0 Å². The van der Waals surface area contributed by atoms with E-state index in [4.69, 9.17) is 22.1 Å². The minimum absolute atomic E-state index is 0.0421. The third-order valence-corrected chi connectivity index (χ3v) is 3.97. The molecule has 3 unspecified atom stereocenters. The van der Waals surface area contributed by atoms with Gasteiger partial charge in [0.25, 0.3) is 0 Å². The van der Waals surface area contributed by atoms with Crippen LogP contribution in [0.5, 0.6) is 0 Å². The van der Waals surface area contributed by atoms with Gasteiger partial charge in [0, 0.05) is 31.3 Å². The molecule has 1 aliphatic heterocycles. The molecule has 3 atom stereocenters. The molecule has 100 valence electrons. The summed E-state index contributed by atoms with van der Waals surface area (Å²) in [5, 5.41) is 0.792. The van der Waals surface area contributed by atoms with Crippen molar-refractivity contribution in [2.45, 2.75) is 31.5 Å². The lowest BCUT2D eigenvalue weighted by molar-refractivity contribution is 0.0982. The van der Waals surface area contributed by atoms with Crippen LogP contribution in [0.15, 0.2) is 24.3 Å². The number of hydrogen-bond donors (Lipinski definition) is 1. The Balaban J connectivity index is 2.22. The molecule has 0 saturated carbocycles. The van der Waals surface area contributed by atoms with Crippen LogP contribution in [0.3, 0.4) is 0 Å². The SMILES string of the molecule is COC1CCN(C(c2ccccc2Cl)C(C)N)C1. The van der Waals surface area contributed by atoms with Crippen LogP contribution in [0.4, 0.5) is 0 Å². The van der Waals surface area contributed by atoms with Crippen LogP contribution in [-0.2, 0) is 4.74 Å². The first-order chi connectivity index (χ1) is 8.63. The molecule has 18 heavy (non-hydrogen) atoms. The molecule has 1 fully saturated rings. The summed E-state index contributed by atoms with van der Waals surface area (Å²) in [6, 6.07) is 8.17. The fourth-order valence-corrected chi connectivity index (χ4v) is 2.97. The lowest BCUT2D eigenvalue weighted by atomic mass is 9.99. The maximum Gasteiger partial charge on any atom is 0.0710 e. The first-order valence-electron chi connectivity index (χ1n) is 6.40. The summed E-state index contributed by atoms with van der Waals surface area (Å²) in [5.74, 6) is 0. The Morgan fingerprint density at radius 1 is 1.44 bits per heavy atom. The average Bonchev–Trinajstić information content (AvgIpc) is 2.80. The molecule has 1 saturated heterocycles. The number of halogens is 1. The number of rotatable bonds is 4. The summed E-state index contributed by atoms with van der Waals surface area (Å²) in [7, 11) is 1.77. The summed E-state index contributed by atoms with van der Waals surface area (Å²) >= 11 is 6.30. The van der Waals surface area contributed by atoms with Crippen molar-refractivity contribution in [1.82, 2.24) is 4.90 Å². The van der Waals surface area contributed by atoms with Gasteiger partial charge in [-0.05, 0) is 25.0 Å². The average molecular weight is 269 g/mol. The van der Waals surface area contributed by atoms with Crippen LogP contribution >= 0.6 is 11.6 Å². The molecule has 1 heterocycles. The number of likely N-dealkylation sites (tertiary alicyclic amines) is 1. The highest BCUT2D eigenvalue weighted by Crippen LogP contribution is 2.32. The van der Waals surface area contributed by atoms with Crippen molar-refractivity contribution in [3.63, 3.8) is 0 Å². The standard InChI is InChI=1S/C14H21ClN2O/c1-10(16)14(12-5-3-4-6-13(12)15)17-8-7-11(9-17)18-2/h3-6,10-11,14H,7-9,16H2,1-2H3. The lowest BCUT2D eigenvalue weighted by Gasteiger charge is -2.31. The number of nitrogens with two attached hydrogens (primary N) is 1. The largest absolute Gasteiger partial charge is 0.380 e. The van der Waals surface area contributed by atoms with E-state index in [1.165, 1.54) is 0 Å². The van der Waals surface area contributed by atoms with E-state index >= 15 is 0 Å². The van der Waals surface area contributed by atoms with Crippen molar-refractivity contribution in [2.24, 2.45) is 5.73 Å². The first kappa shape index (κ1) is 13.8. The Morgan fingerprint density at radius 2 is 2.17 bits per heavy atom. The van der Waals surface area contributed by atoms with E-state index in [0.29, 0.717) is 6.10 Å². The highest BCUT2D eigenvalue weighted by Gasteiger charge is 2.32. The Morgan fingerprint density at radius 3 is 2.72 bits per heavy atom. The lowest BCUT2D eigenvalue weighted by Crippen LogP contribution is -2.39. The third kappa shape index (κ3) is 2.86. The predicted octanol–water partition coefficient (Wildman–Crippen LogP) is 2.45. The zero-order valence-electron chi connectivity index (χ0n) is 11.0. The molecule has 0 aromatic heterocycles. The fraction of sp³-hybridized carbons (Fsp3) is 0.571. The van der Waals surface area contributed by atoms with Crippen LogP contribution in [0.25, 0.3) is 0 Å². The highest BCUT2D eigenvalue weighted by molar-refractivity contribution is 6.31. The maximum atomic E-state index is 6.30. The molecular weight excluding hydrogens is 248 g/mol. The van der Waals surface area contributed by atoms with Gasteiger partial charge < -0.3 is 10.5 Å². The van der Waals surface area contributed by atoms with Crippen molar-refractivity contribution >= 4 is 11.6 Å². The quantitative estimate of drug-likeness (QED) is 0.912. The van der Waals surface area contributed by atoms with Gasteiger partial charge in [-0.15, -0.1) is 0 Å². The summed E-state index contributed by atoms with van der Waals surface area (Å²) < 4.78 is 5.42. The number of methoxy groups -OCH3 is 1. The molecule has 1 aromatic rings. The molecule has 0 spiro atoms. The monoisotopic (exact) mass is 268 g/mol. The molecule has 0 aliphatic carbocycles. The second-order valence-corrected chi connectivity index (χ2v) is 5.37. The topological polar surface area (TPSA) is 38.5 Å². The fourth-order valence-electron chi connectivity index (χ4n) is 2.73. The van der Waals surface area contributed by atoms with Crippen molar-refractivity contribution in [3.05, 3.63) is 34.9 Å². The molecule has 0 amide bonds. The Bertz CT molecular complexity index is 397. The van der Waals surface area contributed by atoms with E-state index in [9.17, 15) is 0 Å². The summed E-state index contributed by atoms with van der Waals surface area (Å²) in [6.45, 7) is 3.97. The minimum atomic E-state index is 0.0421. The number of benzene rings is 1. The Hall–Kier alpha value is -0.610. The zero-order chi connectivity index (χ0) is 13.1. The van der Waals surface area contributed by atoms with Gasteiger partial charge in [0.2, 0.25) is 0 Å². The molecule has 0 bridgehead atoms. The van der Waals surface area contributed by atoms with Crippen LogP contribution in [0.1, 0.15) is 24.9 Å². The Labute approximate surface area is 114 Å². The van der Waals surface area contributed by atoms with Gasteiger partial charge in [0.05, 0.1) is 12.1 Å². The van der Waals surface area contributed by atoms with Gasteiger partial charge in [0.15, 0.2) is 0 Å². The third-order valence-electron chi connectivity index (χ3n) is 3.63. The van der Waals surface area contributed by atoms with Crippen LogP contribution < -0.4 is 5.73 Å². The second kappa shape index (κ2) is 6.02. The van der Waals surface area contributed by atoms with Gasteiger partial charge in [0.1, 0.15) is 0 Å². The molecule has 2 rings (SSSR count). The summed E-state index contributed by atoms with van der Waals surface area (Å²) in [4.78, 5) is 2.38. The summed E-state index contributed by atoms with van der Waals surface area (Å²) in [6.07, 6.45) is 1.37. The number of nitrogens with zero attached hydrogens (tertiary/aromatic N) is 1. The molecule has 1 aliphatic rings.